The fourth-order valence-corrected chi connectivity index (χ4v) is 3.14. The van der Waals surface area contributed by atoms with Crippen LogP contribution >= 0.6 is 11.3 Å². The number of hydrogen-bond acceptors (Lipinski definition) is 4. The second-order valence-electron chi connectivity index (χ2n) is 5.35. The van der Waals surface area contributed by atoms with E-state index in [1.165, 1.54) is 0 Å². The Morgan fingerprint density at radius 3 is 2.65 bits per heavy atom. The first-order valence-corrected chi connectivity index (χ1v) is 7.69. The van der Waals surface area contributed by atoms with Crippen LogP contribution in [0.4, 0.5) is 0 Å². The third-order valence-electron chi connectivity index (χ3n) is 3.52. The summed E-state index contributed by atoms with van der Waals surface area (Å²) in [7, 11) is 0. The molecule has 20 heavy (non-hydrogen) atoms. The molecule has 2 atom stereocenters. The van der Waals surface area contributed by atoms with Gasteiger partial charge in [0.25, 0.3) is 0 Å². The maximum atomic E-state index is 10.5. The van der Waals surface area contributed by atoms with Crippen LogP contribution in [0.3, 0.4) is 0 Å². The van der Waals surface area contributed by atoms with Gasteiger partial charge in [-0.2, -0.15) is 11.3 Å². The van der Waals surface area contributed by atoms with Crippen molar-refractivity contribution in [2.45, 2.75) is 20.0 Å². The Kier molecular flexibility index (Phi) is 3.68. The van der Waals surface area contributed by atoms with E-state index in [0.29, 0.717) is 19.1 Å². The summed E-state index contributed by atoms with van der Waals surface area (Å²) in [6.45, 7) is 5.42. The number of rotatable bonds is 2. The van der Waals surface area contributed by atoms with Crippen LogP contribution in [-0.2, 0) is 0 Å². The van der Waals surface area contributed by atoms with E-state index in [0.717, 1.165) is 28.2 Å². The quantitative estimate of drug-likeness (QED) is 0.919. The van der Waals surface area contributed by atoms with E-state index >= 15 is 0 Å². The van der Waals surface area contributed by atoms with Crippen molar-refractivity contribution in [2.24, 2.45) is 5.92 Å². The van der Waals surface area contributed by atoms with Gasteiger partial charge in [-0.15, -0.1) is 0 Å². The number of fused-ring (bicyclic) bond motifs is 1. The van der Waals surface area contributed by atoms with Gasteiger partial charge in [0.15, 0.2) is 11.5 Å². The van der Waals surface area contributed by atoms with E-state index in [1.54, 1.807) is 11.3 Å². The van der Waals surface area contributed by atoms with E-state index in [-0.39, 0.29) is 0 Å². The molecule has 1 aromatic carbocycles. The summed E-state index contributed by atoms with van der Waals surface area (Å²) in [6.07, 6.45) is -0.615. The van der Waals surface area contributed by atoms with Crippen LogP contribution in [0.25, 0.3) is 0 Å². The van der Waals surface area contributed by atoms with Gasteiger partial charge in [-0.1, -0.05) is 13.0 Å². The molecular formula is C16H18O3S. The molecule has 3 rings (SSSR count). The van der Waals surface area contributed by atoms with Crippen LogP contribution in [0.2, 0.25) is 0 Å². The molecule has 0 saturated heterocycles. The lowest BCUT2D eigenvalue weighted by molar-refractivity contribution is 0.218. The average Bonchev–Trinajstić information content (AvgIpc) is 2.79. The Bertz CT molecular complexity index is 606. The third-order valence-corrected chi connectivity index (χ3v) is 4.40. The highest BCUT2D eigenvalue weighted by molar-refractivity contribution is 7.08. The monoisotopic (exact) mass is 290 g/mol. The minimum Gasteiger partial charge on any atom is -0.489 e. The molecule has 0 bridgehead atoms. The predicted molar refractivity (Wildman–Crippen MR) is 79.7 cm³/mol. The predicted octanol–water partition coefficient (Wildman–Crippen LogP) is 3.55. The topological polar surface area (TPSA) is 38.7 Å². The SMILES string of the molecule is Cc1cscc1C(O)c1ccc2c(c1)OCC(C)CO2. The first-order valence-electron chi connectivity index (χ1n) is 6.75. The summed E-state index contributed by atoms with van der Waals surface area (Å²) in [5, 5.41) is 14.5. The maximum Gasteiger partial charge on any atom is 0.161 e. The van der Waals surface area contributed by atoms with Gasteiger partial charge in [-0.25, -0.2) is 0 Å². The van der Waals surface area contributed by atoms with Gasteiger partial charge < -0.3 is 14.6 Å². The standard InChI is InChI=1S/C16H18O3S/c1-10-6-18-14-4-3-12(5-15(14)19-7-10)16(17)13-9-20-8-11(13)2/h3-5,8-10,16-17H,6-7H2,1-2H3. The van der Waals surface area contributed by atoms with Crippen LogP contribution in [0.5, 0.6) is 11.5 Å². The minimum absolute atomic E-state index is 0.370. The number of aliphatic hydroxyl groups excluding tert-OH is 1. The van der Waals surface area contributed by atoms with Gasteiger partial charge in [0.2, 0.25) is 0 Å². The normalized spacial score (nSPS) is 19.4. The van der Waals surface area contributed by atoms with Crippen molar-refractivity contribution in [3.05, 3.63) is 45.6 Å². The summed E-state index contributed by atoms with van der Waals surface area (Å²) in [4.78, 5) is 0. The lowest BCUT2D eigenvalue weighted by Gasteiger charge is -2.14. The number of aliphatic hydroxyl groups is 1. The summed E-state index contributed by atoms with van der Waals surface area (Å²) in [5.74, 6) is 1.85. The van der Waals surface area contributed by atoms with E-state index in [1.807, 2.05) is 35.9 Å². The Morgan fingerprint density at radius 2 is 1.95 bits per heavy atom. The second-order valence-corrected chi connectivity index (χ2v) is 6.09. The molecule has 0 fully saturated rings. The zero-order chi connectivity index (χ0) is 14.1. The van der Waals surface area contributed by atoms with Crippen LogP contribution in [0.1, 0.15) is 29.7 Å². The summed E-state index contributed by atoms with van der Waals surface area (Å²) < 4.78 is 11.5. The highest BCUT2D eigenvalue weighted by atomic mass is 32.1. The number of aryl methyl sites for hydroxylation is 1. The smallest absolute Gasteiger partial charge is 0.161 e. The zero-order valence-electron chi connectivity index (χ0n) is 11.6. The molecular weight excluding hydrogens is 272 g/mol. The Hall–Kier alpha value is -1.52. The van der Waals surface area contributed by atoms with Gasteiger partial charge in [0.05, 0.1) is 13.2 Å². The Labute approximate surface area is 122 Å². The molecule has 1 aromatic heterocycles. The molecule has 0 radical (unpaired) electrons. The van der Waals surface area contributed by atoms with Crippen molar-refractivity contribution >= 4 is 11.3 Å². The van der Waals surface area contributed by atoms with Crippen molar-refractivity contribution in [3.63, 3.8) is 0 Å². The molecule has 2 aromatic rings. The van der Waals surface area contributed by atoms with Crippen LogP contribution in [0, 0.1) is 12.8 Å². The van der Waals surface area contributed by atoms with E-state index in [9.17, 15) is 5.11 Å². The zero-order valence-corrected chi connectivity index (χ0v) is 12.4. The summed E-state index contributed by atoms with van der Waals surface area (Å²) >= 11 is 1.61. The molecule has 0 spiro atoms. The van der Waals surface area contributed by atoms with Gasteiger partial charge in [0, 0.05) is 5.92 Å². The van der Waals surface area contributed by atoms with Crippen molar-refractivity contribution in [1.82, 2.24) is 0 Å². The van der Waals surface area contributed by atoms with Crippen molar-refractivity contribution in [2.75, 3.05) is 13.2 Å². The number of benzene rings is 1. The molecule has 2 unspecified atom stereocenters. The molecule has 0 amide bonds. The van der Waals surface area contributed by atoms with E-state index < -0.39 is 6.10 Å². The maximum absolute atomic E-state index is 10.5. The Balaban J connectivity index is 1.91. The molecule has 4 heteroatoms. The number of hydrogen-bond donors (Lipinski definition) is 1. The van der Waals surface area contributed by atoms with Gasteiger partial charge in [0.1, 0.15) is 6.10 Å². The van der Waals surface area contributed by atoms with Crippen molar-refractivity contribution in [3.8, 4) is 11.5 Å². The fraction of sp³-hybridized carbons (Fsp3) is 0.375. The molecule has 3 nitrogen and oxygen atoms in total. The first-order chi connectivity index (χ1) is 9.65. The molecule has 1 N–H and O–H groups in total. The summed E-state index contributed by atoms with van der Waals surface area (Å²) in [6, 6.07) is 5.67. The van der Waals surface area contributed by atoms with Gasteiger partial charge >= 0.3 is 0 Å². The number of thiophene rings is 1. The van der Waals surface area contributed by atoms with Gasteiger partial charge in [-0.05, 0) is 46.5 Å². The first kappa shape index (κ1) is 13.5. The fourth-order valence-electron chi connectivity index (χ4n) is 2.27. The lowest BCUT2D eigenvalue weighted by atomic mass is 10.0. The van der Waals surface area contributed by atoms with Gasteiger partial charge in [-0.3, -0.25) is 0 Å². The number of ether oxygens (including phenoxy) is 2. The molecule has 106 valence electrons. The average molecular weight is 290 g/mol. The van der Waals surface area contributed by atoms with Crippen molar-refractivity contribution < 1.29 is 14.6 Å². The van der Waals surface area contributed by atoms with Crippen molar-refractivity contribution in [1.29, 1.82) is 0 Å². The molecule has 2 heterocycles. The highest BCUT2D eigenvalue weighted by Crippen LogP contribution is 2.35. The Morgan fingerprint density at radius 1 is 1.20 bits per heavy atom. The van der Waals surface area contributed by atoms with Crippen LogP contribution in [0.15, 0.2) is 29.0 Å². The van der Waals surface area contributed by atoms with E-state index in [4.69, 9.17) is 9.47 Å². The highest BCUT2D eigenvalue weighted by Gasteiger charge is 2.19. The van der Waals surface area contributed by atoms with Crippen LogP contribution < -0.4 is 9.47 Å². The molecule has 1 aliphatic rings. The molecule has 0 saturated carbocycles. The largest absolute Gasteiger partial charge is 0.489 e. The van der Waals surface area contributed by atoms with E-state index in [2.05, 4.69) is 6.92 Å². The minimum atomic E-state index is -0.615. The third kappa shape index (κ3) is 2.53. The lowest BCUT2D eigenvalue weighted by Crippen LogP contribution is -2.12. The molecule has 1 aliphatic heterocycles. The summed E-state index contributed by atoms with van der Waals surface area (Å²) in [5.41, 5.74) is 2.91. The molecule has 0 aliphatic carbocycles. The second kappa shape index (κ2) is 5.46. The van der Waals surface area contributed by atoms with Crippen LogP contribution in [-0.4, -0.2) is 18.3 Å².